The molecule has 0 aliphatic carbocycles. The lowest BCUT2D eigenvalue weighted by Gasteiger charge is -2.37. The number of aliphatic hydroxyl groups excluding tert-OH is 1. The number of carbonyl (C=O) groups is 2. The van der Waals surface area contributed by atoms with Crippen molar-refractivity contribution in [1.82, 2.24) is 0 Å². The molecule has 2 fully saturated rings. The molecule has 0 unspecified atom stereocenters. The fourth-order valence-corrected chi connectivity index (χ4v) is 12.3. The fourth-order valence-electron chi connectivity index (χ4n) is 8.22. The first-order valence-corrected chi connectivity index (χ1v) is 19.5. The van der Waals surface area contributed by atoms with Crippen molar-refractivity contribution in [2.75, 3.05) is 30.1 Å². The summed E-state index contributed by atoms with van der Waals surface area (Å²) in [5, 5.41) is 11.5. The van der Waals surface area contributed by atoms with Crippen LogP contribution in [-0.4, -0.2) is 51.4 Å². The molecule has 6 rings (SSSR count). The molecule has 3 aliphatic heterocycles. The zero-order valence-electron chi connectivity index (χ0n) is 27.0. The van der Waals surface area contributed by atoms with Crippen LogP contribution in [0.3, 0.4) is 0 Å². The number of carbonyl (C=O) groups excluding carboxylic acids is 2. The molecular weight excluding hydrogens is 581 g/mol. The molecular formula is C37H46N2O5Si. The molecule has 3 aromatic carbocycles. The molecule has 3 heterocycles. The van der Waals surface area contributed by atoms with Crippen LogP contribution in [0.25, 0.3) is 0 Å². The lowest BCUT2D eigenvalue weighted by Crippen LogP contribution is -2.51. The average molecular weight is 627 g/mol. The molecule has 1 spiro atoms. The summed E-state index contributed by atoms with van der Waals surface area (Å²) in [5.74, 6) is 0.724. The number of benzene rings is 3. The number of anilines is 2. The third kappa shape index (κ3) is 5.51. The molecule has 2 amide bonds. The van der Waals surface area contributed by atoms with Gasteiger partial charge in [-0.1, -0.05) is 80.5 Å². The van der Waals surface area contributed by atoms with Crippen LogP contribution >= 0.6 is 0 Å². The number of hydrogen-bond acceptors (Lipinski definition) is 5. The second-order valence-corrected chi connectivity index (χ2v) is 18.1. The van der Waals surface area contributed by atoms with Gasteiger partial charge in [0.05, 0.1) is 33.5 Å². The molecule has 3 aromatic rings. The summed E-state index contributed by atoms with van der Waals surface area (Å²) >= 11 is 0. The number of amides is 2. The van der Waals surface area contributed by atoms with E-state index in [-0.39, 0.29) is 36.0 Å². The lowest BCUT2D eigenvalue weighted by atomic mass is 9.82. The molecule has 8 heteroatoms. The van der Waals surface area contributed by atoms with Gasteiger partial charge in [0, 0.05) is 36.7 Å². The third-order valence-corrected chi connectivity index (χ3v) is 14.9. The van der Waals surface area contributed by atoms with Crippen LogP contribution in [0.4, 0.5) is 11.4 Å². The Labute approximate surface area is 268 Å². The summed E-state index contributed by atoms with van der Waals surface area (Å²) in [6.07, 6.45) is 4.76. The van der Waals surface area contributed by atoms with E-state index in [1.165, 1.54) is 5.19 Å². The largest absolute Gasteiger partial charge is 0.497 e. The Bertz CT molecular complexity index is 1530. The summed E-state index contributed by atoms with van der Waals surface area (Å²) in [6.45, 7) is 7.95. The van der Waals surface area contributed by atoms with E-state index < -0.39 is 13.7 Å². The first kappa shape index (κ1) is 31.5. The van der Waals surface area contributed by atoms with Gasteiger partial charge >= 0.3 is 0 Å². The van der Waals surface area contributed by atoms with Crippen molar-refractivity contribution < 1.29 is 24.2 Å². The Hall–Kier alpha value is -3.46. The van der Waals surface area contributed by atoms with Crippen molar-refractivity contribution >= 4 is 36.4 Å². The maximum Gasteiger partial charge on any atom is 0.264 e. The van der Waals surface area contributed by atoms with E-state index in [1.54, 1.807) is 7.11 Å². The standard InChI is InChI=1S/C37H46N2O5Si/c1-26-35(45(3,4)30-18-16-29(43-2)17-19-30)33(21-23-40)44-37(26)31-24-28(38-22-11-6-5-10-14-34(38)41)15-20-32(31)39(36(37)42)25-27-12-8-7-9-13-27/h7-9,12-13,15-20,24,26,33,35,40H,5-6,10-11,14,21-23,25H2,1-4H3/t26-,33+,35-,37+/m1/s1. The van der Waals surface area contributed by atoms with Crippen molar-refractivity contribution in [3.05, 3.63) is 83.9 Å². The molecule has 0 bridgehead atoms. The SMILES string of the molecule is COc1ccc([Si](C)(C)[C@H]2[C@H](CCO)O[C@@]3(C(=O)N(Cc4ccccc4)c4ccc(N5CCCCCCC5=O)cc43)[C@@H]2C)cc1. The fraction of sp³-hybridized carbons (Fsp3) is 0.459. The van der Waals surface area contributed by atoms with E-state index in [9.17, 15) is 14.7 Å². The monoisotopic (exact) mass is 626 g/mol. The highest BCUT2D eigenvalue weighted by Crippen LogP contribution is 2.60. The lowest BCUT2D eigenvalue weighted by molar-refractivity contribution is -0.146. The van der Waals surface area contributed by atoms with Crippen molar-refractivity contribution in [2.45, 2.75) is 82.3 Å². The van der Waals surface area contributed by atoms with Crippen molar-refractivity contribution in [3.63, 3.8) is 0 Å². The minimum absolute atomic E-state index is 0.0197. The van der Waals surface area contributed by atoms with Gasteiger partial charge in [0.15, 0.2) is 5.60 Å². The van der Waals surface area contributed by atoms with Gasteiger partial charge in [0.1, 0.15) is 5.75 Å². The highest BCUT2D eigenvalue weighted by Gasteiger charge is 2.66. The number of methoxy groups -OCH3 is 1. The highest BCUT2D eigenvalue weighted by atomic mass is 28.3. The molecule has 0 aromatic heterocycles. The number of ether oxygens (including phenoxy) is 2. The van der Waals surface area contributed by atoms with E-state index in [1.807, 2.05) is 64.4 Å². The van der Waals surface area contributed by atoms with E-state index >= 15 is 0 Å². The highest BCUT2D eigenvalue weighted by molar-refractivity contribution is 6.91. The van der Waals surface area contributed by atoms with E-state index in [0.717, 1.165) is 53.9 Å². The van der Waals surface area contributed by atoms with Gasteiger partial charge in [-0.15, -0.1) is 0 Å². The van der Waals surface area contributed by atoms with E-state index in [4.69, 9.17) is 9.47 Å². The van der Waals surface area contributed by atoms with Crippen molar-refractivity contribution in [2.24, 2.45) is 5.92 Å². The van der Waals surface area contributed by atoms with Crippen LogP contribution in [0.5, 0.6) is 5.75 Å². The summed E-state index contributed by atoms with van der Waals surface area (Å²) in [6, 6.07) is 24.4. The van der Waals surface area contributed by atoms with Crippen LogP contribution in [0, 0.1) is 5.92 Å². The summed E-state index contributed by atoms with van der Waals surface area (Å²) in [4.78, 5) is 32.1. The smallest absolute Gasteiger partial charge is 0.264 e. The molecule has 0 saturated carbocycles. The van der Waals surface area contributed by atoms with Gasteiger partial charge in [0.25, 0.3) is 5.91 Å². The van der Waals surface area contributed by atoms with E-state index in [2.05, 4.69) is 38.2 Å². The quantitative estimate of drug-likeness (QED) is 0.304. The average Bonchev–Trinajstić information content (AvgIpc) is 3.46. The van der Waals surface area contributed by atoms with Gasteiger partial charge in [0.2, 0.25) is 5.91 Å². The first-order valence-electron chi connectivity index (χ1n) is 16.5. The predicted octanol–water partition coefficient (Wildman–Crippen LogP) is 6.14. The molecule has 3 aliphatic rings. The number of nitrogens with zero attached hydrogens (tertiary/aromatic N) is 2. The second kappa shape index (κ2) is 12.7. The minimum Gasteiger partial charge on any atom is -0.497 e. The molecule has 0 radical (unpaired) electrons. The Kier molecular flexibility index (Phi) is 8.92. The Morgan fingerprint density at radius 2 is 1.71 bits per heavy atom. The predicted molar refractivity (Wildman–Crippen MR) is 181 cm³/mol. The molecule has 4 atom stereocenters. The van der Waals surface area contributed by atoms with Crippen molar-refractivity contribution in [3.8, 4) is 5.75 Å². The second-order valence-electron chi connectivity index (χ2n) is 13.5. The number of fused-ring (bicyclic) bond motifs is 2. The zero-order valence-corrected chi connectivity index (χ0v) is 28.0. The molecule has 7 nitrogen and oxygen atoms in total. The van der Waals surface area contributed by atoms with Gasteiger partial charge in [-0.3, -0.25) is 9.59 Å². The van der Waals surface area contributed by atoms with Crippen LogP contribution in [0.15, 0.2) is 72.8 Å². The minimum atomic E-state index is -2.28. The normalized spacial score (nSPS) is 25.4. The molecule has 238 valence electrons. The maximum atomic E-state index is 15.0. The van der Waals surface area contributed by atoms with Crippen LogP contribution in [0.1, 0.15) is 56.6 Å². The molecule has 2 saturated heterocycles. The first-order chi connectivity index (χ1) is 21.7. The number of hydrogen-bond donors (Lipinski definition) is 1. The van der Waals surface area contributed by atoms with Crippen LogP contribution in [-0.2, 0) is 26.5 Å². The topological polar surface area (TPSA) is 79.3 Å². The number of rotatable bonds is 8. The molecule has 45 heavy (non-hydrogen) atoms. The van der Waals surface area contributed by atoms with Gasteiger partial charge < -0.3 is 24.4 Å². The van der Waals surface area contributed by atoms with Gasteiger partial charge in [-0.05, 0) is 60.7 Å². The van der Waals surface area contributed by atoms with Gasteiger partial charge in [-0.2, -0.15) is 0 Å². The summed E-state index contributed by atoms with van der Waals surface area (Å²) in [5.41, 5.74) is 2.39. The Morgan fingerprint density at radius 1 is 0.978 bits per heavy atom. The summed E-state index contributed by atoms with van der Waals surface area (Å²) < 4.78 is 12.5. The zero-order chi connectivity index (χ0) is 31.8. The molecule has 1 N–H and O–H groups in total. The maximum absolute atomic E-state index is 15.0. The van der Waals surface area contributed by atoms with Gasteiger partial charge in [-0.25, -0.2) is 0 Å². The van der Waals surface area contributed by atoms with Crippen molar-refractivity contribution in [1.29, 1.82) is 0 Å². The van der Waals surface area contributed by atoms with Crippen LogP contribution in [0.2, 0.25) is 18.6 Å². The van der Waals surface area contributed by atoms with Crippen LogP contribution < -0.4 is 19.7 Å². The number of aliphatic hydroxyl groups is 1. The Morgan fingerprint density at radius 3 is 2.42 bits per heavy atom. The third-order valence-electron chi connectivity index (χ3n) is 10.6. The summed E-state index contributed by atoms with van der Waals surface area (Å²) in [7, 11) is -0.611. The van der Waals surface area contributed by atoms with E-state index in [0.29, 0.717) is 25.9 Å². The Balaban J connectivity index is 1.47.